The van der Waals surface area contributed by atoms with Crippen LogP contribution in [0.4, 0.5) is 11.8 Å². The molecule has 1 saturated heterocycles. The van der Waals surface area contributed by atoms with Crippen LogP contribution < -0.4 is 9.80 Å². The number of hydrogen-bond acceptors (Lipinski definition) is 7. The van der Waals surface area contributed by atoms with Crippen molar-refractivity contribution >= 4 is 17.4 Å². The van der Waals surface area contributed by atoms with Gasteiger partial charge in [0.15, 0.2) is 5.65 Å². The van der Waals surface area contributed by atoms with E-state index in [-0.39, 0.29) is 0 Å². The molecule has 4 aromatic rings. The normalized spacial score (nSPS) is 14.9. The fourth-order valence-electron chi connectivity index (χ4n) is 3.23. The third-order valence-corrected chi connectivity index (χ3v) is 4.58. The molecule has 0 aliphatic carbocycles. The number of anilines is 2. The molecule has 5 rings (SSSR count). The molecule has 4 heterocycles. The number of nitrogens with zero attached hydrogens (tertiary/aromatic N) is 9. The van der Waals surface area contributed by atoms with Crippen molar-refractivity contribution < 1.29 is 0 Å². The highest BCUT2D eigenvalue weighted by atomic mass is 15.6. The maximum atomic E-state index is 4.63. The van der Waals surface area contributed by atoms with Gasteiger partial charge in [-0.3, -0.25) is 0 Å². The highest BCUT2D eigenvalue weighted by molar-refractivity contribution is 5.48. The Balaban J connectivity index is 1.34. The number of tetrazole rings is 1. The zero-order valence-electron chi connectivity index (χ0n) is 14.0. The van der Waals surface area contributed by atoms with Crippen molar-refractivity contribution in [1.82, 2.24) is 34.8 Å². The summed E-state index contributed by atoms with van der Waals surface area (Å²) >= 11 is 0. The number of rotatable bonds is 3. The monoisotopic (exact) mass is 347 g/mol. The fraction of sp³-hybridized carbons (Fsp3) is 0.235. The lowest BCUT2D eigenvalue weighted by atomic mass is 10.3. The second kappa shape index (κ2) is 6.10. The summed E-state index contributed by atoms with van der Waals surface area (Å²) in [4.78, 5) is 8.72. The minimum atomic E-state index is 0.772. The van der Waals surface area contributed by atoms with Gasteiger partial charge in [0, 0.05) is 38.6 Å². The lowest BCUT2D eigenvalue weighted by molar-refractivity contribution is 0.622. The van der Waals surface area contributed by atoms with E-state index in [4.69, 9.17) is 0 Å². The molecule has 0 saturated carbocycles. The molecule has 0 amide bonds. The molecule has 0 atom stereocenters. The van der Waals surface area contributed by atoms with Gasteiger partial charge in [0.1, 0.15) is 5.82 Å². The molecule has 1 aliphatic heterocycles. The third kappa shape index (κ3) is 2.53. The summed E-state index contributed by atoms with van der Waals surface area (Å²) in [5.74, 6) is 1.73. The molecule has 0 bridgehead atoms. The van der Waals surface area contributed by atoms with E-state index >= 15 is 0 Å². The number of para-hydroxylation sites is 1. The van der Waals surface area contributed by atoms with Crippen molar-refractivity contribution in [2.24, 2.45) is 0 Å². The second-order valence-electron chi connectivity index (χ2n) is 6.12. The van der Waals surface area contributed by atoms with Crippen LogP contribution in [0.5, 0.6) is 0 Å². The van der Waals surface area contributed by atoms with Crippen molar-refractivity contribution in [2.75, 3.05) is 36.0 Å². The Hall–Kier alpha value is -3.49. The molecule has 0 unspecified atom stereocenters. The van der Waals surface area contributed by atoms with Crippen LogP contribution in [0.1, 0.15) is 0 Å². The Bertz CT molecular complexity index is 1010. The van der Waals surface area contributed by atoms with Crippen LogP contribution in [-0.2, 0) is 0 Å². The fourth-order valence-corrected chi connectivity index (χ4v) is 3.23. The topological polar surface area (TPSA) is 80.3 Å². The van der Waals surface area contributed by atoms with Crippen molar-refractivity contribution in [3.8, 4) is 5.69 Å². The van der Waals surface area contributed by atoms with E-state index in [1.807, 2.05) is 48.7 Å². The van der Waals surface area contributed by atoms with Crippen molar-refractivity contribution in [3.63, 3.8) is 0 Å². The maximum Gasteiger partial charge on any atom is 0.250 e. The van der Waals surface area contributed by atoms with Gasteiger partial charge in [-0.1, -0.05) is 23.3 Å². The van der Waals surface area contributed by atoms with E-state index in [2.05, 4.69) is 35.4 Å². The van der Waals surface area contributed by atoms with Crippen LogP contribution in [0.15, 0.2) is 54.9 Å². The van der Waals surface area contributed by atoms with E-state index < -0.39 is 0 Å². The van der Waals surface area contributed by atoms with E-state index in [0.717, 1.165) is 49.3 Å². The molecule has 26 heavy (non-hydrogen) atoms. The number of aromatic nitrogens is 7. The van der Waals surface area contributed by atoms with Crippen LogP contribution in [0.2, 0.25) is 0 Å². The van der Waals surface area contributed by atoms with Gasteiger partial charge >= 0.3 is 0 Å². The Morgan fingerprint density at radius 3 is 2.50 bits per heavy atom. The van der Waals surface area contributed by atoms with Gasteiger partial charge < -0.3 is 9.80 Å². The summed E-state index contributed by atoms with van der Waals surface area (Å²) in [5, 5.41) is 16.9. The smallest absolute Gasteiger partial charge is 0.250 e. The summed E-state index contributed by atoms with van der Waals surface area (Å²) in [5.41, 5.74) is 1.82. The Labute approximate surface area is 149 Å². The first-order valence-electron chi connectivity index (χ1n) is 8.52. The maximum absolute atomic E-state index is 4.63. The van der Waals surface area contributed by atoms with Gasteiger partial charge in [0.2, 0.25) is 5.95 Å². The highest BCUT2D eigenvalue weighted by Gasteiger charge is 2.23. The Kier molecular flexibility index (Phi) is 3.48. The Morgan fingerprint density at radius 1 is 0.846 bits per heavy atom. The summed E-state index contributed by atoms with van der Waals surface area (Å²) < 4.78 is 3.59. The van der Waals surface area contributed by atoms with E-state index in [1.165, 1.54) is 0 Å². The molecule has 9 nitrogen and oxygen atoms in total. The first-order chi connectivity index (χ1) is 12.9. The van der Waals surface area contributed by atoms with Crippen LogP contribution in [0, 0.1) is 0 Å². The minimum absolute atomic E-state index is 0.772. The highest BCUT2D eigenvalue weighted by Crippen LogP contribution is 2.19. The number of benzene rings is 1. The van der Waals surface area contributed by atoms with Gasteiger partial charge in [-0.05, 0) is 34.7 Å². The summed E-state index contributed by atoms with van der Waals surface area (Å²) in [6.45, 7) is 3.37. The largest absolute Gasteiger partial charge is 0.352 e. The third-order valence-electron chi connectivity index (χ3n) is 4.58. The van der Waals surface area contributed by atoms with Crippen LogP contribution in [0.25, 0.3) is 11.3 Å². The van der Waals surface area contributed by atoms with E-state index in [9.17, 15) is 0 Å². The first kappa shape index (κ1) is 14.8. The molecule has 9 heteroatoms. The lowest BCUT2D eigenvalue weighted by Gasteiger charge is -2.35. The summed E-state index contributed by atoms with van der Waals surface area (Å²) in [7, 11) is 0. The van der Waals surface area contributed by atoms with Gasteiger partial charge in [0.05, 0.1) is 5.69 Å². The number of fused-ring (bicyclic) bond motifs is 1. The number of piperazine rings is 1. The van der Waals surface area contributed by atoms with E-state index in [0.29, 0.717) is 0 Å². The molecule has 1 fully saturated rings. The molecule has 0 N–H and O–H groups in total. The molecular formula is C17H17N9. The van der Waals surface area contributed by atoms with E-state index in [1.54, 1.807) is 15.4 Å². The minimum Gasteiger partial charge on any atom is -0.352 e. The van der Waals surface area contributed by atoms with Crippen LogP contribution >= 0.6 is 0 Å². The zero-order valence-corrected chi connectivity index (χ0v) is 14.0. The summed E-state index contributed by atoms with van der Waals surface area (Å²) in [6.07, 6.45) is 3.62. The number of hydrogen-bond donors (Lipinski definition) is 0. The van der Waals surface area contributed by atoms with Gasteiger partial charge in [-0.25, -0.2) is 9.50 Å². The zero-order chi connectivity index (χ0) is 17.3. The quantitative estimate of drug-likeness (QED) is 0.547. The van der Waals surface area contributed by atoms with Crippen LogP contribution in [0.3, 0.4) is 0 Å². The summed E-state index contributed by atoms with van der Waals surface area (Å²) in [6, 6.07) is 14.0. The lowest BCUT2D eigenvalue weighted by Crippen LogP contribution is -2.47. The average Bonchev–Trinajstić information content (AvgIpc) is 3.37. The van der Waals surface area contributed by atoms with Crippen molar-refractivity contribution in [2.45, 2.75) is 0 Å². The molecule has 3 aromatic heterocycles. The van der Waals surface area contributed by atoms with Crippen molar-refractivity contribution in [1.29, 1.82) is 0 Å². The predicted octanol–water partition coefficient (Wildman–Crippen LogP) is 1.03. The predicted molar refractivity (Wildman–Crippen MR) is 96.6 cm³/mol. The molecule has 0 spiro atoms. The standard InChI is InChI=1S/C17H17N9/c1-2-4-14(5-3-1)26-17(19-21-22-26)24-12-10-23(11-13-24)16-7-6-15-18-8-9-25(15)20-16/h1-9H,10-13H2. The average molecular weight is 347 g/mol. The molecular weight excluding hydrogens is 330 g/mol. The Morgan fingerprint density at radius 2 is 1.65 bits per heavy atom. The number of imidazole rings is 1. The molecule has 130 valence electrons. The first-order valence-corrected chi connectivity index (χ1v) is 8.52. The second-order valence-corrected chi connectivity index (χ2v) is 6.12. The van der Waals surface area contributed by atoms with Gasteiger partial charge in [0.25, 0.3) is 0 Å². The van der Waals surface area contributed by atoms with Crippen molar-refractivity contribution in [3.05, 3.63) is 54.9 Å². The molecule has 0 radical (unpaired) electrons. The van der Waals surface area contributed by atoms with Gasteiger partial charge in [-0.15, -0.1) is 5.10 Å². The molecule has 1 aliphatic rings. The molecule has 1 aromatic carbocycles. The van der Waals surface area contributed by atoms with Gasteiger partial charge in [-0.2, -0.15) is 4.68 Å². The van der Waals surface area contributed by atoms with Crippen LogP contribution in [-0.4, -0.2) is 61.0 Å². The SMILES string of the molecule is c1ccc(-n2nnnc2N2CCN(c3ccc4nccn4n3)CC2)cc1.